The van der Waals surface area contributed by atoms with Crippen LogP contribution in [0.4, 0.5) is 0 Å². The number of hydrogen-bond donors (Lipinski definition) is 2. The largest absolute Gasteiger partial charge is 0.389 e. The lowest BCUT2D eigenvalue weighted by Gasteiger charge is -2.26. The predicted octanol–water partition coefficient (Wildman–Crippen LogP) is 2.90. The van der Waals surface area contributed by atoms with Gasteiger partial charge in [0, 0.05) is 6.54 Å². The van der Waals surface area contributed by atoms with Crippen LogP contribution >= 0.6 is 0 Å². The smallest absolute Gasteiger partial charge is 0.223 e. The summed E-state index contributed by atoms with van der Waals surface area (Å²) in [6, 6.07) is 9.22. The van der Waals surface area contributed by atoms with Crippen molar-refractivity contribution in [2.45, 2.75) is 58.1 Å². The fraction of sp³-hybridized carbons (Fsp3) is 0.529. The Balaban J connectivity index is 2.54. The Labute approximate surface area is 126 Å². The Kier molecular flexibility index (Phi) is 6.90. The van der Waals surface area contributed by atoms with Gasteiger partial charge < -0.3 is 10.4 Å². The molecule has 0 unspecified atom stereocenters. The minimum Gasteiger partial charge on any atom is -0.389 e. The molecule has 0 bridgehead atoms. The molecule has 4 heteroatoms. The van der Waals surface area contributed by atoms with Crippen molar-refractivity contribution >= 4 is 5.91 Å². The second-order valence-corrected chi connectivity index (χ2v) is 5.49. The van der Waals surface area contributed by atoms with E-state index >= 15 is 0 Å². The average Bonchev–Trinajstić information content (AvgIpc) is 2.45. The highest BCUT2D eigenvalue weighted by molar-refractivity contribution is 5.77. The van der Waals surface area contributed by atoms with E-state index in [0.29, 0.717) is 24.9 Å². The summed E-state index contributed by atoms with van der Waals surface area (Å²) >= 11 is 0. The van der Waals surface area contributed by atoms with E-state index in [1.165, 1.54) is 0 Å². The molecule has 2 N–H and O–H groups in total. The van der Waals surface area contributed by atoms with E-state index < -0.39 is 5.60 Å². The van der Waals surface area contributed by atoms with Crippen LogP contribution in [0.3, 0.4) is 0 Å². The Hall–Kier alpha value is -1.86. The Morgan fingerprint density at radius 2 is 2.00 bits per heavy atom. The Bertz CT molecular complexity index is 500. The molecule has 114 valence electrons. The first kappa shape index (κ1) is 17.2. The first-order chi connectivity index (χ1) is 10.0. The SMILES string of the molecule is CCCC(O)(CCC)CC(=O)NCc1cccc(C#N)c1. The molecule has 0 aliphatic rings. The number of amides is 1. The first-order valence-corrected chi connectivity index (χ1v) is 7.51. The molecule has 4 nitrogen and oxygen atoms in total. The van der Waals surface area contributed by atoms with Crippen LogP contribution in [-0.4, -0.2) is 16.6 Å². The number of hydrogen-bond acceptors (Lipinski definition) is 3. The van der Waals surface area contributed by atoms with Gasteiger partial charge in [0.2, 0.25) is 5.91 Å². The molecule has 0 aliphatic heterocycles. The second kappa shape index (κ2) is 8.43. The lowest BCUT2D eigenvalue weighted by Crippen LogP contribution is -2.36. The van der Waals surface area contributed by atoms with Crippen molar-refractivity contribution in [1.82, 2.24) is 5.32 Å². The molecule has 1 aromatic carbocycles. The molecule has 1 aromatic rings. The van der Waals surface area contributed by atoms with E-state index in [2.05, 4.69) is 11.4 Å². The van der Waals surface area contributed by atoms with Gasteiger partial charge in [0.1, 0.15) is 0 Å². The van der Waals surface area contributed by atoms with E-state index in [4.69, 9.17) is 5.26 Å². The van der Waals surface area contributed by atoms with Crippen LogP contribution in [-0.2, 0) is 11.3 Å². The summed E-state index contributed by atoms with van der Waals surface area (Å²) in [5.41, 5.74) is 0.564. The van der Waals surface area contributed by atoms with Crippen LogP contribution in [0.2, 0.25) is 0 Å². The van der Waals surface area contributed by atoms with E-state index in [9.17, 15) is 9.90 Å². The molecule has 0 radical (unpaired) electrons. The standard InChI is InChI=1S/C17H24N2O2/c1-3-8-17(21,9-4-2)11-16(20)19-13-15-7-5-6-14(10-15)12-18/h5-7,10,21H,3-4,8-9,11,13H2,1-2H3,(H,19,20). The number of benzene rings is 1. The van der Waals surface area contributed by atoms with Crippen LogP contribution in [0.1, 0.15) is 57.1 Å². The highest BCUT2D eigenvalue weighted by Crippen LogP contribution is 2.23. The molecule has 0 saturated heterocycles. The topological polar surface area (TPSA) is 73.1 Å². The normalized spacial score (nSPS) is 11.0. The summed E-state index contributed by atoms with van der Waals surface area (Å²) in [5, 5.41) is 22.1. The zero-order valence-electron chi connectivity index (χ0n) is 12.9. The molecular weight excluding hydrogens is 264 g/mol. The van der Waals surface area contributed by atoms with E-state index in [1.54, 1.807) is 18.2 Å². The third-order valence-electron chi connectivity index (χ3n) is 3.47. The van der Waals surface area contributed by atoms with Gasteiger partial charge in [0.05, 0.1) is 23.7 Å². The first-order valence-electron chi connectivity index (χ1n) is 7.51. The Morgan fingerprint density at radius 1 is 1.33 bits per heavy atom. The maximum absolute atomic E-state index is 12.0. The highest BCUT2D eigenvalue weighted by Gasteiger charge is 2.27. The molecule has 0 atom stereocenters. The minimum absolute atomic E-state index is 0.132. The lowest BCUT2D eigenvalue weighted by molar-refractivity contribution is -0.126. The van der Waals surface area contributed by atoms with Crippen LogP contribution in [0.5, 0.6) is 0 Å². The van der Waals surface area contributed by atoms with E-state index in [-0.39, 0.29) is 12.3 Å². The predicted molar refractivity (Wildman–Crippen MR) is 82.4 cm³/mol. The minimum atomic E-state index is -0.901. The monoisotopic (exact) mass is 288 g/mol. The molecule has 0 spiro atoms. The Morgan fingerprint density at radius 3 is 2.57 bits per heavy atom. The molecule has 0 aliphatic carbocycles. The number of rotatable bonds is 8. The van der Waals surface area contributed by atoms with Gasteiger partial charge in [-0.05, 0) is 30.5 Å². The fourth-order valence-corrected chi connectivity index (χ4v) is 2.55. The van der Waals surface area contributed by atoms with Crippen LogP contribution in [0, 0.1) is 11.3 Å². The molecular formula is C17H24N2O2. The van der Waals surface area contributed by atoms with Crippen molar-refractivity contribution in [3.05, 3.63) is 35.4 Å². The summed E-state index contributed by atoms with van der Waals surface area (Å²) in [5.74, 6) is -0.151. The summed E-state index contributed by atoms with van der Waals surface area (Å²) < 4.78 is 0. The molecule has 1 amide bonds. The summed E-state index contributed by atoms with van der Waals surface area (Å²) in [4.78, 5) is 12.0. The third kappa shape index (κ3) is 5.97. The molecule has 0 aromatic heterocycles. The maximum atomic E-state index is 12.0. The molecule has 0 saturated carbocycles. The molecule has 0 heterocycles. The number of carbonyl (C=O) groups excluding carboxylic acids is 1. The van der Waals surface area contributed by atoms with Gasteiger partial charge >= 0.3 is 0 Å². The number of carbonyl (C=O) groups is 1. The van der Waals surface area contributed by atoms with E-state index in [1.807, 2.05) is 19.9 Å². The number of nitrogens with zero attached hydrogens (tertiary/aromatic N) is 1. The molecule has 1 rings (SSSR count). The van der Waals surface area contributed by atoms with Crippen molar-refractivity contribution in [2.24, 2.45) is 0 Å². The average molecular weight is 288 g/mol. The van der Waals surface area contributed by atoms with Crippen LogP contribution in [0.15, 0.2) is 24.3 Å². The second-order valence-electron chi connectivity index (χ2n) is 5.49. The quantitative estimate of drug-likeness (QED) is 0.772. The van der Waals surface area contributed by atoms with Gasteiger partial charge in [-0.2, -0.15) is 5.26 Å². The maximum Gasteiger partial charge on any atom is 0.223 e. The van der Waals surface area contributed by atoms with Gasteiger partial charge in [-0.15, -0.1) is 0 Å². The lowest BCUT2D eigenvalue weighted by atomic mass is 9.89. The van der Waals surface area contributed by atoms with Crippen molar-refractivity contribution < 1.29 is 9.90 Å². The van der Waals surface area contributed by atoms with Crippen molar-refractivity contribution in [3.8, 4) is 6.07 Å². The number of nitriles is 1. The number of nitrogens with one attached hydrogen (secondary N) is 1. The molecule has 21 heavy (non-hydrogen) atoms. The van der Waals surface area contributed by atoms with Crippen LogP contribution < -0.4 is 5.32 Å². The zero-order chi connectivity index (χ0) is 15.7. The van der Waals surface area contributed by atoms with Gasteiger partial charge in [0.15, 0.2) is 0 Å². The van der Waals surface area contributed by atoms with Gasteiger partial charge in [0.25, 0.3) is 0 Å². The van der Waals surface area contributed by atoms with Gasteiger partial charge in [-0.1, -0.05) is 38.8 Å². The fourth-order valence-electron chi connectivity index (χ4n) is 2.55. The third-order valence-corrected chi connectivity index (χ3v) is 3.47. The highest BCUT2D eigenvalue weighted by atomic mass is 16.3. The van der Waals surface area contributed by atoms with Crippen molar-refractivity contribution in [1.29, 1.82) is 5.26 Å². The van der Waals surface area contributed by atoms with E-state index in [0.717, 1.165) is 18.4 Å². The van der Waals surface area contributed by atoms with Gasteiger partial charge in [-0.25, -0.2) is 0 Å². The van der Waals surface area contributed by atoms with Gasteiger partial charge in [-0.3, -0.25) is 4.79 Å². The summed E-state index contributed by atoms with van der Waals surface area (Å²) in [6.07, 6.45) is 3.12. The van der Waals surface area contributed by atoms with Crippen molar-refractivity contribution in [2.75, 3.05) is 0 Å². The van der Waals surface area contributed by atoms with Crippen molar-refractivity contribution in [3.63, 3.8) is 0 Å². The molecule has 0 fully saturated rings. The van der Waals surface area contributed by atoms with Crippen LogP contribution in [0.25, 0.3) is 0 Å². The summed E-state index contributed by atoms with van der Waals surface area (Å²) in [6.45, 7) is 4.39. The number of aliphatic hydroxyl groups is 1. The summed E-state index contributed by atoms with van der Waals surface area (Å²) in [7, 11) is 0. The zero-order valence-corrected chi connectivity index (χ0v) is 12.9.